The Hall–Kier alpha value is -1.68. The molecule has 6 nitrogen and oxygen atoms in total. The summed E-state index contributed by atoms with van der Waals surface area (Å²) in [6, 6.07) is 5.95. The van der Waals surface area contributed by atoms with Crippen LogP contribution in [-0.4, -0.2) is 27.3 Å². The topological polar surface area (TPSA) is 70.2 Å². The number of rotatable bonds is 4. The molecule has 0 saturated carbocycles. The maximum absolute atomic E-state index is 11.6. The van der Waals surface area contributed by atoms with E-state index in [9.17, 15) is 4.79 Å². The lowest BCUT2D eigenvalue weighted by Crippen LogP contribution is -2.04. The fourth-order valence-electron chi connectivity index (χ4n) is 1.94. The zero-order valence-corrected chi connectivity index (χ0v) is 15.7. The Labute approximate surface area is 154 Å². The van der Waals surface area contributed by atoms with Crippen LogP contribution in [0.1, 0.15) is 17.4 Å². The highest BCUT2D eigenvalue weighted by molar-refractivity contribution is 14.1. The highest BCUT2D eigenvalue weighted by Crippen LogP contribution is 2.25. The predicted molar refractivity (Wildman–Crippen MR) is 95.4 cm³/mol. The van der Waals surface area contributed by atoms with Crippen molar-refractivity contribution < 1.29 is 13.9 Å². The molecule has 3 aromatic rings. The fraction of sp³-hybridized carbons (Fsp3) is 0.133. The van der Waals surface area contributed by atoms with E-state index in [1.807, 2.05) is 18.2 Å². The summed E-state index contributed by atoms with van der Waals surface area (Å²) in [4.78, 5) is 15.8. The average molecular weight is 488 g/mol. The molecule has 2 aromatic heterocycles. The van der Waals surface area contributed by atoms with Gasteiger partial charge in [0.05, 0.1) is 24.1 Å². The van der Waals surface area contributed by atoms with Crippen LogP contribution in [0, 0.1) is 3.57 Å². The Balaban J connectivity index is 1.89. The molecule has 2 heterocycles. The number of halogens is 2. The van der Waals surface area contributed by atoms with Crippen LogP contribution < -0.4 is 0 Å². The summed E-state index contributed by atoms with van der Waals surface area (Å²) in [7, 11) is 0. The van der Waals surface area contributed by atoms with E-state index in [4.69, 9.17) is 9.15 Å². The second-order valence-corrected chi connectivity index (χ2v) is 6.63. The van der Waals surface area contributed by atoms with Crippen molar-refractivity contribution >= 4 is 44.5 Å². The summed E-state index contributed by atoms with van der Waals surface area (Å²) in [5.74, 6) is -0.184. The van der Waals surface area contributed by atoms with E-state index >= 15 is 0 Å². The van der Waals surface area contributed by atoms with E-state index in [-0.39, 0.29) is 5.69 Å². The second kappa shape index (κ2) is 6.83. The van der Waals surface area contributed by atoms with Crippen molar-refractivity contribution in [2.75, 3.05) is 6.61 Å². The lowest BCUT2D eigenvalue weighted by atomic mass is 10.3. The molecule has 118 valence electrons. The Morgan fingerprint density at radius 2 is 2.30 bits per heavy atom. The number of carbonyl (C=O) groups is 1. The lowest BCUT2D eigenvalue weighted by molar-refractivity contribution is 0.0519. The van der Waals surface area contributed by atoms with Gasteiger partial charge in [-0.15, -0.1) is 0 Å². The van der Waals surface area contributed by atoms with Gasteiger partial charge < -0.3 is 9.15 Å². The smallest absolute Gasteiger partial charge is 0.360 e. The van der Waals surface area contributed by atoms with Gasteiger partial charge in [0, 0.05) is 14.2 Å². The molecule has 0 aliphatic heterocycles. The van der Waals surface area contributed by atoms with Gasteiger partial charge in [0.25, 0.3) is 0 Å². The first kappa shape index (κ1) is 16.2. The quantitative estimate of drug-likeness (QED) is 0.410. The largest absolute Gasteiger partial charge is 0.461 e. The van der Waals surface area contributed by atoms with Crippen molar-refractivity contribution in [3.05, 3.63) is 50.6 Å². The summed E-state index contributed by atoms with van der Waals surface area (Å²) < 4.78 is 14.0. The third-order valence-electron chi connectivity index (χ3n) is 2.97. The van der Waals surface area contributed by atoms with E-state index in [0.29, 0.717) is 18.1 Å². The zero-order valence-electron chi connectivity index (χ0n) is 12.0. The highest BCUT2D eigenvalue weighted by atomic mass is 127. The van der Waals surface area contributed by atoms with Gasteiger partial charge in [-0.05, 0) is 63.6 Å². The molecule has 0 atom stereocenters. The van der Waals surface area contributed by atoms with Crippen molar-refractivity contribution in [2.45, 2.75) is 6.92 Å². The molecule has 0 radical (unpaired) electrons. The van der Waals surface area contributed by atoms with Gasteiger partial charge >= 0.3 is 5.97 Å². The van der Waals surface area contributed by atoms with Gasteiger partial charge in [-0.2, -0.15) is 5.10 Å². The average Bonchev–Trinajstić information content (AvgIpc) is 3.16. The van der Waals surface area contributed by atoms with Crippen LogP contribution in [0.15, 0.2) is 45.7 Å². The number of hydrogen-bond acceptors (Lipinski definition) is 5. The van der Waals surface area contributed by atoms with Gasteiger partial charge in [-0.3, -0.25) is 0 Å². The molecule has 0 amide bonds. The van der Waals surface area contributed by atoms with Crippen LogP contribution in [0.3, 0.4) is 0 Å². The summed E-state index contributed by atoms with van der Waals surface area (Å²) in [5, 5.41) is 4.31. The molecule has 0 bridgehead atoms. The van der Waals surface area contributed by atoms with Gasteiger partial charge in [-0.1, -0.05) is 0 Å². The maximum Gasteiger partial charge on any atom is 0.360 e. The van der Waals surface area contributed by atoms with E-state index in [1.54, 1.807) is 24.0 Å². The van der Waals surface area contributed by atoms with Crippen LogP contribution in [0.4, 0.5) is 0 Å². The number of esters is 1. The first-order valence-corrected chi connectivity index (χ1v) is 8.58. The molecule has 0 aliphatic rings. The van der Waals surface area contributed by atoms with E-state index in [1.165, 1.54) is 6.26 Å². The summed E-state index contributed by atoms with van der Waals surface area (Å²) >= 11 is 5.77. The number of benzene rings is 1. The number of hydrogen-bond donors (Lipinski definition) is 0. The molecule has 0 spiro atoms. The molecule has 0 N–H and O–H groups in total. The number of carbonyl (C=O) groups excluding carboxylic acids is 1. The van der Waals surface area contributed by atoms with Gasteiger partial charge in [-0.25, -0.2) is 14.5 Å². The summed E-state index contributed by atoms with van der Waals surface area (Å²) in [5.41, 5.74) is 1.71. The first-order chi connectivity index (χ1) is 11.1. The van der Waals surface area contributed by atoms with Gasteiger partial charge in [0.15, 0.2) is 5.69 Å². The van der Waals surface area contributed by atoms with Crippen LogP contribution >= 0.6 is 38.5 Å². The fourth-order valence-corrected chi connectivity index (χ4v) is 3.42. The van der Waals surface area contributed by atoms with Gasteiger partial charge in [0.2, 0.25) is 5.89 Å². The van der Waals surface area contributed by atoms with Crippen LogP contribution in [0.5, 0.6) is 0 Å². The van der Waals surface area contributed by atoms with Crippen molar-refractivity contribution in [1.29, 1.82) is 0 Å². The minimum absolute atomic E-state index is 0.144. The van der Waals surface area contributed by atoms with Crippen LogP contribution in [0.2, 0.25) is 0 Å². The van der Waals surface area contributed by atoms with E-state index < -0.39 is 5.97 Å². The van der Waals surface area contributed by atoms with Crippen molar-refractivity contribution in [1.82, 2.24) is 14.8 Å². The molecule has 1 aromatic carbocycles. The standard InChI is InChI=1S/C15H11BrIN3O3/c1-2-22-15(21)12-8-23-14(19-12)9-6-18-20(7-9)13-4-3-10(17)5-11(13)16/h3-8H,2H2,1H3. The number of aromatic nitrogens is 3. The van der Waals surface area contributed by atoms with Gasteiger partial charge in [0.1, 0.15) is 6.26 Å². The Kier molecular flexibility index (Phi) is 4.81. The van der Waals surface area contributed by atoms with Crippen LogP contribution in [0.25, 0.3) is 17.1 Å². The molecule has 8 heteroatoms. The van der Waals surface area contributed by atoms with E-state index in [0.717, 1.165) is 13.7 Å². The number of ether oxygens (including phenoxy) is 1. The Bertz CT molecular complexity index is 859. The molecule has 0 fully saturated rings. The number of oxazole rings is 1. The molecule has 0 unspecified atom stereocenters. The highest BCUT2D eigenvalue weighted by Gasteiger charge is 2.16. The maximum atomic E-state index is 11.6. The minimum Gasteiger partial charge on any atom is -0.461 e. The number of nitrogens with zero attached hydrogens (tertiary/aromatic N) is 3. The molecular weight excluding hydrogens is 477 g/mol. The zero-order chi connectivity index (χ0) is 16.4. The first-order valence-electron chi connectivity index (χ1n) is 6.71. The van der Waals surface area contributed by atoms with E-state index in [2.05, 4.69) is 48.6 Å². The monoisotopic (exact) mass is 487 g/mol. The predicted octanol–water partition coefficient (Wildman–Crippen LogP) is 4.07. The van der Waals surface area contributed by atoms with Crippen molar-refractivity contribution in [3.8, 4) is 17.1 Å². The van der Waals surface area contributed by atoms with Crippen LogP contribution in [-0.2, 0) is 4.74 Å². The Morgan fingerprint density at radius 1 is 1.48 bits per heavy atom. The second-order valence-electron chi connectivity index (χ2n) is 4.53. The van der Waals surface area contributed by atoms with Crippen molar-refractivity contribution in [2.24, 2.45) is 0 Å². The molecule has 23 heavy (non-hydrogen) atoms. The lowest BCUT2D eigenvalue weighted by Gasteiger charge is -2.04. The SMILES string of the molecule is CCOC(=O)c1coc(-c2cnn(-c3ccc(I)cc3Br)c2)n1. The molecular formula is C15H11BrIN3O3. The minimum atomic E-state index is -0.504. The summed E-state index contributed by atoms with van der Waals surface area (Å²) in [6.07, 6.45) is 4.70. The molecule has 3 rings (SSSR count). The molecule has 0 saturated heterocycles. The Morgan fingerprint density at radius 3 is 3.04 bits per heavy atom. The third-order valence-corrected chi connectivity index (χ3v) is 4.28. The molecule has 0 aliphatic carbocycles. The summed E-state index contributed by atoms with van der Waals surface area (Å²) in [6.45, 7) is 2.03. The normalized spacial score (nSPS) is 10.7. The third kappa shape index (κ3) is 3.47. The van der Waals surface area contributed by atoms with Crippen molar-refractivity contribution in [3.63, 3.8) is 0 Å².